The number of aromatic amines is 1. The summed E-state index contributed by atoms with van der Waals surface area (Å²) in [6, 6.07) is 5.56. The fourth-order valence-corrected chi connectivity index (χ4v) is 4.16. The van der Waals surface area contributed by atoms with Crippen molar-refractivity contribution in [3.05, 3.63) is 23.9 Å². The number of carbonyl (C=O) groups is 3. The van der Waals surface area contributed by atoms with Crippen molar-refractivity contribution >= 4 is 28.6 Å². The topological polar surface area (TPSA) is 145 Å². The molecule has 1 aromatic carbocycles. The van der Waals surface area contributed by atoms with Crippen molar-refractivity contribution in [2.75, 3.05) is 20.8 Å². The minimum atomic E-state index is -0.844. The summed E-state index contributed by atoms with van der Waals surface area (Å²) in [7, 11) is 3.06. The maximum absolute atomic E-state index is 13.0. The predicted octanol–water partition coefficient (Wildman–Crippen LogP) is 1.86. The van der Waals surface area contributed by atoms with Crippen molar-refractivity contribution in [2.24, 2.45) is 11.8 Å². The number of rotatable bonds is 10. The van der Waals surface area contributed by atoms with Gasteiger partial charge in [-0.2, -0.15) is 5.26 Å². The Kier molecular flexibility index (Phi) is 7.99. The Labute approximate surface area is 198 Å². The summed E-state index contributed by atoms with van der Waals surface area (Å²) in [6.07, 6.45) is 1.25. The number of benzene rings is 1. The molecule has 0 unspecified atom stereocenters. The molecule has 0 radical (unpaired) electrons. The van der Waals surface area contributed by atoms with Gasteiger partial charge in [0.2, 0.25) is 11.8 Å². The number of H-pyrrole nitrogens is 1. The van der Waals surface area contributed by atoms with Crippen molar-refractivity contribution in [1.29, 1.82) is 5.26 Å². The van der Waals surface area contributed by atoms with E-state index in [1.807, 2.05) is 13.8 Å². The van der Waals surface area contributed by atoms with Gasteiger partial charge in [-0.05, 0) is 43.4 Å². The molecule has 0 spiro atoms. The molecule has 3 amide bonds. The first-order valence-corrected chi connectivity index (χ1v) is 11.3. The Morgan fingerprint density at radius 2 is 2.00 bits per heavy atom. The Morgan fingerprint density at radius 1 is 1.24 bits per heavy atom. The largest absolute Gasteiger partial charge is 0.493 e. The van der Waals surface area contributed by atoms with E-state index in [1.165, 1.54) is 14.2 Å². The summed E-state index contributed by atoms with van der Waals surface area (Å²) in [4.78, 5) is 40.9. The van der Waals surface area contributed by atoms with E-state index in [9.17, 15) is 19.6 Å². The number of aromatic nitrogens is 1. The third-order valence-corrected chi connectivity index (χ3v) is 5.87. The summed E-state index contributed by atoms with van der Waals surface area (Å²) in [5, 5.41) is 18.4. The molecule has 3 rings (SSSR count). The molecule has 0 saturated carbocycles. The van der Waals surface area contributed by atoms with Gasteiger partial charge in [0.25, 0.3) is 5.91 Å². The molecule has 182 valence electrons. The van der Waals surface area contributed by atoms with Crippen LogP contribution in [-0.2, 0) is 9.59 Å². The average Bonchev–Trinajstić information content (AvgIpc) is 3.42. The van der Waals surface area contributed by atoms with Gasteiger partial charge in [0.1, 0.15) is 17.8 Å². The third kappa shape index (κ3) is 5.60. The Hall–Kier alpha value is -3.74. The molecule has 3 atom stereocenters. The van der Waals surface area contributed by atoms with Crippen molar-refractivity contribution in [1.82, 2.24) is 20.9 Å². The Morgan fingerprint density at radius 3 is 2.59 bits per heavy atom. The molecule has 0 aliphatic carbocycles. The first-order chi connectivity index (χ1) is 16.3. The molecule has 1 aromatic heterocycles. The zero-order valence-electron chi connectivity index (χ0n) is 19.9. The highest BCUT2D eigenvalue weighted by molar-refractivity contribution is 6.02. The molecular formula is C24H31N5O5. The Balaban J connectivity index is 1.75. The van der Waals surface area contributed by atoms with Crippen LogP contribution < -0.4 is 25.4 Å². The number of methoxy groups -OCH3 is 2. The summed E-state index contributed by atoms with van der Waals surface area (Å²) in [5.74, 6) is -0.168. The first-order valence-electron chi connectivity index (χ1n) is 11.3. The maximum atomic E-state index is 13.0. The normalized spacial score (nSPS) is 17.1. The fourth-order valence-electron chi connectivity index (χ4n) is 4.16. The molecule has 1 aliphatic rings. The molecule has 1 fully saturated rings. The standard InChI is InChI=1S/C24H31N5O5/c1-13(2)9-18(23(31)27-15(12-25)10-14-7-8-26-22(14)30)29-24(32)19-11-16-17(28-19)5-6-20(33-3)21(16)34-4/h5-6,11,13-15,18,28H,7-10H2,1-4H3,(H,26,30)(H,27,31)(H,29,32)/t14-,15-,18-/m0/s1. The summed E-state index contributed by atoms with van der Waals surface area (Å²) >= 11 is 0. The van der Waals surface area contributed by atoms with E-state index in [4.69, 9.17) is 9.47 Å². The minimum Gasteiger partial charge on any atom is -0.493 e. The van der Waals surface area contributed by atoms with E-state index in [0.29, 0.717) is 41.8 Å². The molecule has 34 heavy (non-hydrogen) atoms. The first kappa shape index (κ1) is 24.9. The molecule has 2 heterocycles. The highest BCUT2D eigenvalue weighted by Gasteiger charge is 2.30. The maximum Gasteiger partial charge on any atom is 0.268 e. The lowest BCUT2D eigenvalue weighted by Gasteiger charge is -2.22. The van der Waals surface area contributed by atoms with Crippen LogP contribution in [-0.4, -0.2) is 55.6 Å². The van der Waals surface area contributed by atoms with Crippen molar-refractivity contribution in [2.45, 2.75) is 45.2 Å². The zero-order chi connectivity index (χ0) is 24.8. The van der Waals surface area contributed by atoms with Gasteiger partial charge >= 0.3 is 0 Å². The summed E-state index contributed by atoms with van der Waals surface area (Å²) in [5.41, 5.74) is 0.953. The number of fused-ring (bicyclic) bond motifs is 1. The number of nitriles is 1. The van der Waals surface area contributed by atoms with Crippen LogP contribution in [0.1, 0.15) is 43.6 Å². The van der Waals surface area contributed by atoms with Crippen molar-refractivity contribution in [3.63, 3.8) is 0 Å². The van der Waals surface area contributed by atoms with Crippen LogP contribution in [0.4, 0.5) is 0 Å². The third-order valence-electron chi connectivity index (χ3n) is 5.87. The second-order valence-electron chi connectivity index (χ2n) is 8.80. The van der Waals surface area contributed by atoms with Gasteiger partial charge in [-0.3, -0.25) is 14.4 Å². The molecule has 1 saturated heterocycles. The number of amides is 3. The average molecular weight is 470 g/mol. The molecule has 10 nitrogen and oxygen atoms in total. The number of nitrogens with zero attached hydrogens (tertiary/aromatic N) is 1. The van der Waals surface area contributed by atoms with Crippen LogP contribution in [0.3, 0.4) is 0 Å². The minimum absolute atomic E-state index is 0.104. The summed E-state index contributed by atoms with van der Waals surface area (Å²) < 4.78 is 10.7. The SMILES string of the molecule is COc1ccc2[nH]c(C(=O)N[C@@H](CC(C)C)C(=O)N[C@H](C#N)C[C@@H]3CCNC3=O)cc2c1OC. The van der Waals surface area contributed by atoms with Gasteiger partial charge in [0.05, 0.1) is 25.8 Å². The van der Waals surface area contributed by atoms with E-state index in [1.54, 1.807) is 18.2 Å². The lowest BCUT2D eigenvalue weighted by atomic mass is 9.98. The van der Waals surface area contributed by atoms with Crippen LogP contribution in [0.5, 0.6) is 11.5 Å². The van der Waals surface area contributed by atoms with Gasteiger partial charge in [-0.15, -0.1) is 0 Å². The zero-order valence-corrected chi connectivity index (χ0v) is 19.9. The van der Waals surface area contributed by atoms with Crippen LogP contribution >= 0.6 is 0 Å². The van der Waals surface area contributed by atoms with Crippen molar-refractivity contribution < 1.29 is 23.9 Å². The molecular weight excluding hydrogens is 438 g/mol. The fraction of sp³-hybridized carbons (Fsp3) is 0.500. The predicted molar refractivity (Wildman–Crippen MR) is 125 cm³/mol. The van der Waals surface area contributed by atoms with Gasteiger partial charge in [-0.1, -0.05) is 13.8 Å². The lowest BCUT2D eigenvalue weighted by Crippen LogP contribution is -2.50. The van der Waals surface area contributed by atoms with Gasteiger partial charge in [0.15, 0.2) is 11.5 Å². The lowest BCUT2D eigenvalue weighted by molar-refractivity contribution is -0.125. The van der Waals surface area contributed by atoms with E-state index >= 15 is 0 Å². The monoisotopic (exact) mass is 469 g/mol. The Bertz CT molecular complexity index is 1100. The molecule has 2 aromatic rings. The quantitative estimate of drug-likeness (QED) is 0.418. The highest BCUT2D eigenvalue weighted by atomic mass is 16.5. The summed E-state index contributed by atoms with van der Waals surface area (Å²) in [6.45, 7) is 4.46. The van der Waals surface area contributed by atoms with E-state index in [0.717, 1.165) is 0 Å². The van der Waals surface area contributed by atoms with Crippen LogP contribution in [0.15, 0.2) is 18.2 Å². The number of carbonyl (C=O) groups excluding carboxylic acids is 3. The van der Waals surface area contributed by atoms with Gasteiger partial charge in [-0.25, -0.2) is 0 Å². The van der Waals surface area contributed by atoms with E-state index in [-0.39, 0.29) is 29.9 Å². The van der Waals surface area contributed by atoms with Crippen LogP contribution in [0.2, 0.25) is 0 Å². The molecule has 1 aliphatic heterocycles. The second-order valence-corrected chi connectivity index (χ2v) is 8.80. The number of ether oxygens (including phenoxy) is 2. The van der Waals surface area contributed by atoms with E-state index < -0.39 is 23.9 Å². The number of hydrogen-bond donors (Lipinski definition) is 4. The van der Waals surface area contributed by atoms with Crippen molar-refractivity contribution in [3.8, 4) is 17.6 Å². The van der Waals surface area contributed by atoms with Crippen LogP contribution in [0.25, 0.3) is 10.9 Å². The van der Waals surface area contributed by atoms with Gasteiger partial charge < -0.3 is 30.4 Å². The molecule has 0 bridgehead atoms. The second kappa shape index (κ2) is 10.9. The number of nitrogens with one attached hydrogen (secondary N) is 4. The highest BCUT2D eigenvalue weighted by Crippen LogP contribution is 2.35. The molecule has 4 N–H and O–H groups in total. The smallest absolute Gasteiger partial charge is 0.268 e. The van der Waals surface area contributed by atoms with Crippen LogP contribution in [0, 0.1) is 23.2 Å². The van der Waals surface area contributed by atoms with E-state index in [2.05, 4.69) is 27.0 Å². The molecule has 10 heteroatoms. The van der Waals surface area contributed by atoms with Gasteiger partial charge in [0, 0.05) is 17.8 Å². The number of hydrogen-bond acceptors (Lipinski definition) is 6.